The molecule has 0 heterocycles. The molecule has 0 spiro atoms. The number of esters is 1. The molecule has 0 aromatic rings. The van der Waals surface area contributed by atoms with Gasteiger partial charge in [-0.2, -0.15) is 0 Å². The Morgan fingerprint density at radius 2 is 2.00 bits per heavy atom. The largest absolute Gasteiger partial charge is 0.446 e. The van der Waals surface area contributed by atoms with E-state index in [1.807, 2.05) is 0 Å². The topological polar surface area (TPSA) is 80.7 Å². The molecule has 0 saturated heterocycles. The number of aliphatic hydroxyl groups excluding tert-OH is 1. The summed E-state index contributed by atoms with van der Waals surface area (Å²) in [7, 11) is 0. The van der Waals surface area contributed by atoms with Crippen molar-refractivity contribution in [3.63, 3.8) is 0 Å². The van der Waals surface area contributed by atoms with Gasteiger partial charge in [-0.1, -0.05) is 0 Å². The Kier molecular flexibility index (Phi) is 4.61. The molecule has 1 aliphatic carbocycles. The molecule has 90 valence electrons. The standard InChI is InChI=1S/C11H16O5/c1-7(12)3-2-4-10(15)16-11-8(13)5-6-9(11)14/h7,11-12H,2-6H2,1H3. The number of rotatable bonds is 5. The summed E-state index contributed by atoms with van der Waals surface area (Å²) in [6.07, 6.45) is -0.161. The first kappa shape index (κ1) is 12.8. The number of Topliss-reactive ketones (excluding diaryl/α,β-unsaturated/α-hetero) is 2. The lowest BCUT2D eigenvalue weighted by Gasteiger charge is -2.09. The average molecular weight is 228 g/mol. The van der Waals surface area contributed by atoms with Crippen molar-refractivity contribution in [3.05, 3.63) is 0 Å². The number of hydrogen-bond donors (Lipinski definition) is 1. The van der Waals surface area contributed by atoms with E-state index in [2.05, 4.69) is 0 Å². The van der Waals surface area contributed by atoms with E-state index in [1.165, 1.54) is 0 Å². The first-order valence-electron chi connectivity index (χ1n) is 5.43. The second-order valence-corrected chi connectivity index (χ2v) is 4.04. The predicted molar refractivity (Wildman–Crippen MR) is 54.7 cm³/mol. The van der Waals surface area contributed by atoms with Gasteiger partial charge in [0.1, 0.15) is 0 Å². The highest BCUT2D eigenvalue weighted by Gasteiger charge is 2.35. The lowest BCUT2D eigenvalue weighted by atomic mass is 10.2. The number of hydrogen-bond acceptors (Lipinski definition) is 5. The van der Waals surface area contributed by atoms with E-state index in [0.29, 0.717) is 12.8 Å². The maximum Gasteiger partial charge on any atom is 0.306 e. The monoisotopic (exact) mass is 228 g/mol. The van der Waals surface area contributed by atoms with E-state index in [9.17, 15) is 14.4 Å². The zero-order valence-corrected chi connectivity index (χ0v) is 9.27. The molecule has 1 saturated carbocycles. The Morgan fingerprint density at radius 3 is 2.50 bits per heavy atom. The zero-order chi connectivity index (χ0) is 12.1. The molecule has 1 aliphatic rings. The summed E-state index contributed by atoms with van der Waals surface area (Å²) < 4.78 is 4.80. The SMILES string of the molecule is CC(O)CCCC(=O)OC1C(=O)CCC1=O. The lowest BCUT2D eigenvalue weighted by Crippen LogP contribution is -2.28. The van der Waals surface area contributed by atoms with Crippen LogP contribution in [0.1, 0.15) is 39.0 Å². The summed E-state index contributed by atoms with van der Waals surface area (Å²) >= 11 is 0. The first-order valence-corrected chi connectivity index (χ1v) is 5.43. The van der Waals surface area contributed by atoms with Crippen molar-refractivity contribution in [2.45, 2.75) is 51.2 Å². The Bertz CT molecular complexity index is 279. The van der Waals surface area contributed by atoms with Gasteiger partial charge in [0.25, 0.3) is 0 Å². The summed E-state index contributed by atoms with van der Waals surface area (Å²) in [5.41, 5.74) is 0. The summed E-state index contributed by atoms with van der Waals surface area (Å²) in [6, 6.07) is 0. The van der Waals surface area contributed by atoms with Gasteiger partial charge in [-0.25, -0.2) is 0 Å². The van der Waals surface area contributed by atoms with Crippen LogP contribution in [0.25, 0.3) is 0 Å². The molecule has 5 heteroatoms. The van der Waals surface area contributed by atoms with Crippen molar-refractivity contribution in [1.29, 1.82) is 0 Å². The summed E-state index contributed by atoms with van der Waals surface area (Å²) in [5.74, 6) is -1.17. The van der Waals surface area contributed by atoms with Gasteiger partial charge < -0.3 is 9.84 Å². The highest BCUT2D eigenvalue weighted by Crippen LogP contribution is 2.15. The third-order valence-corrected chi connectivity index (χ3v) is 2.45. The van der Waals surface area contributed by atoms with Crippen molar-refractivity contribution in [3.8, 4) is 0 Å². The maximum absolute atomic E-state index is 11.3. The van der Waals surface area contributed by atoms with E-state index in [0.717, 1.165) is 0 Å². The van der Waals surface area contributed by atoms with Gasteiger partial charge in [0, 0.05) is 19.3 Å². The molecule has 16 heavy (non-hydrogen) atoms. The van der Waals surface area contributed by atoms with E-state index in [-0.39, 0.29) is 30.8 Å². The van der Waals surface area contributed by atoms with Crippen molar-refractivity contribution in [2.75, 3.05) is 0 Å². The van der Waals surface area contributed by atoms with Gasteiger partial charge in [0.05, 0.1) is 6.10 Å². The molecule has 0 bridgehead atoms. The third-order valence-electron chi connectivity index (χ3n) is 2.45. The van der Waals surface area contributed by atoms with Crippen LogP contribution in [-0.4, -0.2) is 34.9 Å². The molecule has 0 aromatic carbocycles. The van der Waals surface area contributed by atoms with Crippen molar-refractivity contribution in [1.82, 2.24) is 0 Å². The van der Waals surface area contributed by atoms with Gasteiger partial charge in [0.15, 0.2) is 11.6 Å². The van der Waals surface area contributed by atoms with E-state index in [4.69, 9.17) is 9.84 Å². The van der Waals surface area contributed by atoms with E-state index < -0.39 is 18.2 Å². The van der Waals surface area contributed by atoms with Crippen LogP contribution in [0.15, 0.2) is 0 Å². The first-order chi connectivity index (χ1) is 7.50. The third kappa shape index (κ3) is 3.73. The maximum atomic E-state index is 11.3. The minimum Gasteiger partial charge on any atom is -0.446 e. The second-order valence-electron chi connectivity index (χ2n) is 4.04. The highest BCUT2D eigenvalue weighted by molar-refractivity contribution is 6.12. The summed E-state index contributed by atoms with van der Waals surface area (Å²) in [5, 5.41) is 8.97. The Labute approximate surface area is 93.8 Å². The fourth-order valence-electron chi connectivity index (χ4n) is 1.55. The number of carbonyl (C=O) groups excluding carboxylic acids is 3. The fraction of sp³-hybridized carbons (Fsp3) is 0.727. The average Bonchev–Trinajstić information content (AvgIpc) is 2.49. The Morgan fingerprint density at radius 1 is 1.44 bits per heavy atom. The van der Waals surface area contributed by atoms with Crippen molar-refractivity contribution in [2.24, 2.45) is 0 Å². The quantitative estimate of drug-likeness (QED) is 0.543. The van der Waals surface area contributed by atoms with Gasteiger partial charge in [-0.15, -0.1) is 0 Å². The molecule has 0 amide bonds. The smallest absolute Gasteiger partial charge is 0.306 e. The second kappa shape index (κ2) is 5.75. The molecular weight excluding hydrogens is 212 g/mol. The predicted octanol–water partition coefficient (Wildman–Crippen LogP) is 0.381. The van der Waals surface area contributed by atoms with Crippen molar-refractivity contribution >= 4 is 17.5 Å². The van der Waals surface area contributed by atoms with Gasteiger partial charge >= 0.3 is 5.97 Å². The molecule has 0 radical (unpaired) electrons. The molecular formula is C11H16O5. The Balaban J connectivity index is 2.28. The number of carbonyl (C=O) groups is 3. The molecule has 5 nitrogen and oxygen atoms in total. The minimum absolute atomic E-state index is 0.127. The van der Waals surface area contributed by atoms with Crippen molar-refractivity contribution < 1.29 is 24.2 Å². The molecule has 0 aromatic heterocycles. The van der Waals surface area contributed by atoms with E-state index >= 15 is 0 Å². The normalized spacial score (nSPS) is 18.9. The van der Waals surface area contributed by atoms with Crippen LogP contribution in [0.3, 0.4) is 0 Å². The minimum atomic E-state index is -1.17. The van der Waals surface area contributed by atoms with E-state index in [1.54, 1.807) is 6.92 Å². The Hall–Kier alpha value is -1.23. The van der Waals surface area contributed by atoms with Crippen LogP contribution in [-0.2, 0) is 19.1 Å². The zero-order valence-electron chi connectivity index (χ0n) is 9.27. The van der Waals surface area contributed by atoms with Crippen LogP contribution in [0.2, 0.25) is 0 Å². The molecule has 0 aliphatic heterocycles. The molecule has 1 atom stereocenters. The fourth-order valence-corrected chi connectivity index (χ4v) is 1.55. The van der Waals surface area contributed by atoms with Gasteiger partial charge in [-0.05, 0) is 19.8 Å². The molecule has 1 rings (SSSR count). The summed E-state index contributed by atoms with van der Waals surface area (Å²) in [4.78, 5) is 33.6. The highest BCUT2D eigenvalue weighted by atomic mass is 16.5. The molecule has 1 unspecified atom stereocenters. The van der Waals surface area contributed by atoms with Gasteiger partial charge in [0.2, 0.25) is 6.10 Å². The van der Waals surface area contributed by atoms with Gasteiger partial charge in [-0.3, -0.25) is 14.4 Å². The summed E-state index contributed by atoms with van der Waals surface area (Å²) in [6.45, 7) is 1.63. The van der Waals surface area contributed by atoms with Crippen LogP contribution in [0.5, 0.6) is 0 Å². The van der Waals surface area contributed by atoms with Crippen LogP contribution in [0, 0.1) is 0 Å². The number of ether oxygens (including phenoxy) is 1. The molecule has 1 fully saturated rings. The number of aliphatic hydroxyl groups is 1. The lowest BCUT2D eigenvalue weighted by molar-refractivity contribution is -0.157. The van der Waals surface area contributed by atoms with Crippen LogP contribution < -0.4 is 0 Å². The van der Waals surface area contributed by atoms with Crippen LogP contribution in [0.4, 0.5) is 0 Å². The number of ketones is 2. The van der Waals surface area contributed by atoms with Crippen LogP contribution >= 0.6 is 0 Å². The molecule has 1 N–H and O–H groups in total.